The summed E-state index contributed by atoms with van der Waals surface area (Å²) in [5.74, 6) is -2.12. The molecule has 0 radical (unpaired) electrons. The second-order valence-electron chi connectivity index (χ2n) is 8.20. The van der Waals surface area contributed by atoms with Gasteiger partial charge in [-0.15, -0.1) is 0 Å². The molecule has 4 fully saturated rings. The zero-order valence-electron chi connectivity index (χ0n) is 16.0. The average molecular weight is 385 g/mol. The lowest BCUT2D eigenvalue weighted by Gasteiger charge is -2.63. The van der Waals surface area contributed by atoms with E-state index >= 15 is 0 Å². The number of rotatable bonds is 1. The molecule has 2 aromatic rings. The number of hydrogen-bond donors (Lipinski definition) is 1. The Hall–Kier alpha value is -3.34. The second kappa shape index (κ2) is 5.60. The maximum atomic E-state index is 10.4. The van der Waals surface area contributed by atoms with E-state index in [0.717, 1.165) is 23.7 Å². The predicted octanol–water partition coefficient (Wildman–Crippen LogP) is 3.69. The predicted molar refractivity (Wildman–Crippen MR) is 102 cm³/mol. The van der Waals surface area contributed by atoms with E-state index in [1.807, 2.05) is 42.1 Å². The van der Waals surface area contributed by atoms with Crippen molar-refractivity contribution in [2.24, 2.45) is 23.8 Å². The van der Waals surface area contributed by atoms with Crippen molar-refractivity contribution in [1.82, 2.24) is 4.57 Å². The van der Waals surface area contributed by atoms with Gasteiger partial charge in [-0.1, -0.05) is 24.6 Å². The van der Waals surface area contributed by atoms with Crippen LogP contribution in [0.2, 0.25) is 0 Å². The highest BCUT2D eigenvalue weighted by Crippen LogP contribution is 2.69. The molecule has 4 atom stereocenters. The summed E-state index contributed by atoms with van der Waals surface area (Å²) in [4.78, 5) is 0. The van der Waals surface area contributed by atoms with Gasteiger partial charge in [0, 0.05) is 36.1 Å². The molecule has 1 aliphatic carbocycles. The molecule has 3 aliphatic heterocycles. The number of ether oxygens (including phenoxy) is 2. The standard InChI is InChI=1S/C22H19N5O2/c1-27-10-15(14-6-2-3-7-16(14)27)18-21(13-25)19(26)29-22(28-18)9-5-4-8-17(22)20(21,11-23)12-24/h2-3,6-7,10,17-18,26H,4-5,8-9H2,1H3/t17-,18-,21+,22-/m1/s1. The van der Waals surface area contributed by atoms with Crippen LogP contribution in [-0.2, 0) is 16.5 Å². The molecule has 7 nitrogen and oxygen atoms in total. The minimum absolute atomic E-state index is 0.328. The third-order valence-electron chi connectivity index (χ3n) is 7.03. The average Bonchev–Trinajstić information content (AvgIpc) is 3.08. The molecule has 29 heavy (non-hydrogen) atoms. The maximum absolute atomic E-state index is 10.4. The maximum Gasteiger partial charge on any atom is 0.218 e. The van der Waals surface area contributed by atoms with Crippen LogP contribution < -0.4 is 0 Å². The van der Waals surface area contributed by atoms with E-state index in [1.54, 1.807) is 0 Å². The molecular weight excluding hydrogens is 366 g/mol. The highest BCUT2D eigenvalue weighted by molar-refractivity contribution is 5.91. The third-order valence-corrected chi connectivity index (χ3v) is 7.03. The van der Waals surface area contributed by atoms with Gasteiger partial charge < -0.3 is 14.0 Å². The van der Waals surface area contributed by atoms with Gasteiger partial charge >= 0.3 is 0 Å². The molecule has 0 amide bonds. The fraction of sp³-hybridized carbons (Fsp3) is 0.455. The van der Waals surface area contributed by atoms with Gasteiger partial charge in [-0.3, -0.25) is 5.41 Å². The first kappa shape index (κ1) is 17.7. The number of nitriles is 3. The normalized spacial score (nSPS) is 34.5. The molecule has 1 aromatic heterocycles. The van der Waals surface area contributed by atoms with Gasteiger partial charge in [-0.25, -0.2) is 0 Å². The monoisotopic (exact) mass is 385 g/mol. The van der Waals surface area contributed by atoms with Crippen molar-refractivity contribution in [2.45, 2.75) is 37.6 Å². The highest BCUT2D eigenvalue weighted by Gasteiger charge is 2.80. The summed E-state index contributed by atoms with van der Waals surface area (Å²) >= 11 is 0. The van der Waals surface area contributed by atoms with E-state index in [9.17, 15) is 15.8 Å². The minimum Gasteiger partial charge on any atom is -0.447 e. The van der Waals surface area contributed by atoms with Gasteiger partial charge in [0.15, 0.2) is 10.8 Å². The first-order valence-electron chi connectivity index (χ1n) is 9.73. The number of aryl methyl sites for hydroxylation is 1. The van der Waals surface area contributed by atoms with Crippen LogP contribution in [0.15, 0.2) is 30.5 Å². The SMILES string of the molecule is Cn1cc([C@H]2O[C@@]34CCCC[C@@H]3C(C#N)(C#N)[C@]2(C#N)C(=N)O4)c2ccccc21. The van der Waals surface area contributed by atoms with Crippen LogP contribution in [0.3, 0.4) is 0 Å². The summed E-state index contributed by atoms with van der Waals surface area (Å²) in [7, 11) is 1.90. The molecule has 1 saturated carbocycles. The molecule has 3 saturated heterocycles. The molecule has 1 N–H and O–H groups in total. The van der Waals surface area contributed by atoms with Gasteiger partial charge in [-0.05, 0) is 18.9 Å². The zero-order chi connectivity index (χ0) is 20.4. The van der Waals surface area contributed by atoms with Gasteiger partial charge in [0.25, 0.3) is 0 Å². The van der Waals surface area contributed by atoms with Crippen LogP contribution in [0.25, 0.3) is 10.9 Å². The molecule has 4 aliphatic rings. The molecule has 4 heterocycles. The zero-order valence-corrected chi connectivity index (χ0v) is 16.0. The Labute approximate surface area is 168 Å². The summed E-state index contributed by atoms with van der Waals surface area (Å²) in [6.45, 7) is 0. The molecule has 1 spiro atoms. The van der Waals surface area contributed by atoms with Gasteiger partial charge in [0.1, 0.15) is 6.10 Å². The third kappa shape index (κ3) is 1.81. The van der Waals surface area contributed by atoms with Gasteiger partial charge in [-0.2, -0.15) is 15.8 Å². The van der Waals surface area contributed by atoms with E-state index in [4.69, 9.17) is 14.9 Å². The van der Waals surface area contributed by atoms with E-state index in [0.29, 0.717) is 18.4 Å². The van der Waals surface area contributed by atoms with Crippen molar-refractivity contribution in [2.75, 3.05) is 0 Å². The van der Waals surface area contributed by atoms with E-state index in [-0.39, 0.29) is 5.90 Å². The lowest BCUT2D eigenvalue weighted by molar-refractivity contribution is -0.360. The van der Waals surface area contributed by atoms with Crippen molar-refractivity contribution in [3.63, 3.8) is 0 Å². The van der Waals surface area contributed by atoms with Crippen molar-refractivity contribution in [3.05, 3.63) is 36.0 Å². The molecule has 6 rings (SSSR count). The number of para-hydroxylation sites is 1. The van der Waals surface area contributed by atoms with Gasteiger partial charge in [0.2, 0.25) is 11.7 Å². The van der Waals surface area contributed by atoms with Gasteiger partial charge in [0.05, 0.1) is 24.1 Å². The Morgan fingerprint density at radius 1 is 1.14 bits per heavy atom. The fourth-order valence-corrected chi connectivity index (χ4v) is 5.70. The number of fused-ring (bicyclic) bond motifs is 3. The van der Waals surface area contributed by atoms with E-state index in [1.165, 1.54) is 0 Å². The lowest BCUT2D eigenvalue weighted by Crippen LogP contribution is -2.73. The van der Waals surface area contributed by atoms with Crippen LogP contribution in [0.5, 0.6) is 0 Å². The first-order chi connectivity index (χ1) is 14.0. The van der Waals surface area contributed by atoms with E-state index < -0.39 is 28.6 Å². The van der Waals surface area contributed by atoms with E-state index in [2.05, 4.69) is 18.2 Å². The Morgan fingerprint density at radius 3 is 2.62 bits per heavy atom. The summed E-state index contributed by atoms with van der Waals surface area (Å²) in [6, 6.07) is 14.2. The minimum atomic E-state index is -1.83. The fourth-order valence-electron chi connectivity index (χ4n) is 5.70. The molecule has 2 bridgehead atoms. The van der Waals surface area contributed by atoms with Crippen LogP contribution in [0.1, 0.15) is 37.4 Å². The van der Waals surface area contributed by atoms with Crippen molar-refractivity contribution in [1.29, 1.82) is 21.2 Å². The summed E-state index contributed by atoms with van der Waals surface area (Å²) in [5, 5.41) is 40.4. The van der Waals surface area contributed by atoms with Crippen LogP contribution in [0.4, 0.5) is 0 Å². The molecule has 144 valence electrons. The van der Waals surface area contributed by atoms with Crippen molar-refractivity contribution >= 4 is 16.8 Å². The molecule has 1 aromatic carbocycles. The topological polar surface area (TPSA) is 119 Å². The number of hydrogen-bond acceptors (Lipinski definition) is 6. The second-order valence-corrected chi connectivity index (χ2v) is 8.20. The smallest absolute Gasteiger partial charge is 0.218 e. The number of nitrogens with one attached hydrogen (secondary N) is 1. The van der Waals surface area contributed by atoms with Crippen LogP contribution in [-0.4, -0.2) is 16.3 Å². The summed E-state index contributed by atoms with van der Waals surface area (Å²) in [5.41, 5.74) is -1.89. The largest absolute Gasteiger partial charge is 0.447 e. The quantitative estimate of drug-likeness (QED) is 0.803. The highest BCUT2D eigenvalue weighted by atomic mass is 16.7. The summed E-state index contributed by atoms with van der Waals surface area (Å²) < 4.78 is 14.4. The molecular formula is C22H19N5O2. The first-order valence-corrected chi connectivity index (χ1v) is 9.73. The van der Waals surface area contributed by atoms with Crippen LogP contribution >= 0.6 is 0 Å². The number of aromatic nitrogens is 1. The lowest BCUT2D eigenvalue weighted by atomic mass is 9.48. The number of benzene rings is 1. The Balaban J connectivity index is 1.84. The Morgan fingerprint density at radius 2 is 1.90 bits per heavy atom. The Bertz CT molecular complexity index is 1160. The summed E-state index contributed by atoms with van der Waals surface area (Å²) in [6.07, 6.45) is 3.63. The van der Waals surface area contributed by atoms with Crippen molar-refractivity contribution in [3.8, 4) is 18.2 Å². The molecule has 0 unspecified atom stereocenters. The van der Waals surface area contributed by atoms with Crippen LogP contribution in [0, 0.1) is 56.2 Å². The Kier molecular flexibility index (Phi) is 3.42. The molecule has 7 heteroatoms. The number of nitrogens with zero attached hydrogens (tertiary/aromatic N) is 4. The van der Waals surface area contributed by atoms with Crippen molar-refractivity contribution < 1.29 is 9.47 Å².